The molecular weight excluding hydrogens is 392 g/mol. The van der Waals surface area contributed by atoms with Crippen LogP contribution in [-0.2, 0) is 13.0 Å². The molecule has 0 aliphatic heterocycles. The Hall–Kier alpha value is -3.35. The van der Waals surface area contributed by atoms with E-state index in [9.17, 15) is 14.7 Å². The summed E-state index contributed by atoms with van der Waals surface area (Å²) in [5.74, 6) is 0.0971. The van der Waals surface area contributed by atoms with Gasteiger partial charge in [0.25, 0.3) is 0 Å². The quantitative estimate of drug-likeness (QED) is 0.353. The minimum atomic E-state index is -1.00. The van der Waals surface area contributed by atoms with Crippen LogP contribution in [0.5, 0.6) is 0 Å². The van der Waals surface area contributed by atoms with Crippen LogP contribution in [0.25, 0.3) is 11.3 Å². The Morgan fingerprint density at radius 3 is 2.48 bits per heavy atom. The Balaban J connectivity index is 1.83. The molecule has 0 bridgehead atoms. The lowest BCUT2D eigenvalue weighted by molar-refractivity contribution is 0.0697. The molecule has 2 aromatic heterocycles. The first-order chi connectivity index (χ1) is 15.0. The molecule has 0 atom stereocenters. The lowest BCUT2D eigenvalue weighted by Crippen LogP contribution is -2.08. The number of carbonyl (C=O) groups is 2. The fourth-order valence-corrected chi connectivity index (χ4v) is 3.42. The third-order valence-electron chi connectivity index (χ3n) is 5.08. The number of aromatic nitrogens is 4. The van der Waals surface area contributed by atoms with E-state index in [1.54, 1.807) is 18.3 Å². The number of nitrogens with zero attached hydrogens (tertiary/aromatic N) is 4. The Labute approximate surface area is 182 Å². The number of carbonyl (C=O) groups excluding carboxylic acids is 1. The average molecular weight is 421 g/mol. The van der Waals surface area contributed by atoms with Crippen LogP contribution in [0.2, 0.25) is 0 Å². The van der Waals surface area contributed by atoms with E-state index in [1.165, 1.54) is 0 Å². The van der Waals surface area contributed by atoms with Gasteiger partial charge in [-0.1, -0.05) is 51.0 Å². The number of hydrogen-bond acceptors (Lipinski definition) is 5. The predicted octanol–water partition coefficient (Wildman–Crippen LogP) is 4.80. The zero-order chi connectivity index (χ0) is 22.2. The van der Waals surface area contributed by atoms with Gasteiger partial charge in [-0.25, -0.2) is 14.5 Å². The van der Waals surface area contributed by atoms with Crippen molar-refractivity contribution in [3.63, 3.8) is 0 Å². The second-order valence-electron chi connectivity index (χ2n) is 7.54. The van der Waals surface area contributed by atoms with Crippen LogP contribution in [0.1, 0.15) is 78.3 Å². The van der Waals surface area contributed by atoms with Crippen molar-refractivity contribution in [1.82, 2.24) is 19.7 Å². The molecule has 0 saturated carbocycles. The molecule has 0 aliphatic carbocycles. The van der Waals surface area contributed by atoms with Gasteiger partial charge in [0.05, 0.1) is 17.8 Å². The Bertz CT molecular complexity index is 1040. The highest BCUT2D eigenvalue weighted by Gasteiger charge is 2.16. The van der Waals surface area contributed by atoms with Crippen molar-refractivity contribution in [2.24, 2.45) is 0 Å². The van der Waals surface area contributed by atoms with Gasteiger partial charge in [0.2, 0.25) is 11.6 Å². The molecular formula is C24H28N4O3. The topological polar surface area (TPSA) is 98.0 Å². The first kappa shape index (κ1) is 22.3. The van der Waals surface area contributed by atoms with Crippen molar-refractivity contribution in [3.8, 4) is 11.3 Å². The van der Waals surface area contributed by atoms with E-state index in [-0.39, 0.29) is 11.3 Å². The summed E-state index contributed by atoms with van der Waals surface area (Å²) in [4.78, 5) is 32.5. The molecule has 31 heavy (non-hydrogen) atoms. The Kier molecular flexibility index (Phi) is 7.65. The molecule has 0 spiro atoms. The zero-order valence-corrected chi connectivity index (χ0v) is 18.0. The van der Waals surface area contributed by atoms with Crippen molar-refractivity contribution in [2.75, 3.05) is 0 Å². The minimum Gasteiger partial charge on any atom is -0.478 e. The van der Waals surface area contributed by atoms with Crippen LogP contribution in [0.15, 0.2) is 42.6 Å². The Morgan fingerprint density at radius 2 is 1.81 bits per heavy atom. The second kappa shape index (κ2) is 10.6. The molecule has 0 unspecified atom stereocenters. The number of benzene rings is 1. The molecule has 1 aromatic carbocycles. The first-order valence-electron chi connectivity index (χ1n) is 10.8. The third kappa shape index (κ3) is 5.63. The molecule has 0 radical (unpaired) electrons. The van der Waals surface area contributed by atoms with Crippen LogP contribution < -0.4 is 0 Å². The molecule has 0 fully saturated rings. The number of ketones is 1. The van der Waals surface area contributed by atoms with Gasteiger partial charge >= 0.3 is 5.97 Å². The van der Waals surface area contributed by atoms with Crippen LogP contribution in [0, 0.1) is 0 Å². The summed E-state index contributed by atoms with van der Waals surface area (Å²) >= 11 is 0. The molecule has 7 heteroatoms. The number of pyridine rings is 1. The van der Waals surface area contributed by atoms with Gasteiger partial charge in [-0.15, -0.1) is 5.10 Å². The predicted molar refractivity (Wildman–Crippen MR) is 118 cm³/mol. The van der Waals surface area contributed by atoms with Crippen LogP contribution in [0.3, 0.4) is 0 Å². The summed E-state index contributed by atoms with van der Waals surface area (Å²) in [6.45, 7) is 4.62. The lowest BCUT2D eigenvalue weighted by atomic mass is 10.0. The summed E-state index contributed by atoms with van der Waals surface area (Å²) in [5, 5.41) is 13.9. The summed E-state index contributed by atoms with van der Waals surface area (Å²) < 4.78 is 1.82. The monoisotopic (exact) mass is 420 g/mol. The number of rotatable bonds is 11. The van der Waals surface area contributed by atoms with Crippen molar-refractivity contribution < 1.29 is 14.7 Å². The number of aromatic carboxylic acids is 1. The first-order valence-corrected chi connectivity index (χ1v) is 10.8. The molecule has 2 heterocycles. The molecule has 0 saturated heterocycles. The smallest absolute Gasteiger partial charge is 0.337 e. The van der Waals surface area contributed by atoms with Gasteiger partial charge in [-0.05, 0) is 30.5 Å². The number of carboxylic acid groups (broad SMARTS) is 1. The van der Waals surface area contributed by atoms with E-state index in [1.807, 2.05) is 35.9 Å². The van der Waals surface area contributed by atoms with Gasteiger partial charge in [0.1, 0.15) is 5.82 Å². The average Bonchev–Trinajstić information content (AvgIpc) is 3.17. The van der Waals surface area contributed by atoms with Gasteiger partial charge in [0, 0.05) is 24.6 Å². The van der Waals surface area contributed by atoms with Gasteiger partial charge < -0.3 is 5.11 Å². The maximum absolute atomic E-state index is 12.3. The SMILES string of the molecule is CCCCCc1nc(C(=O)CCC)nn1Cc1ccc(-c2ncccc2C(=O)O)cc1. The normalized spacial score (nSPS) is 10.9. The summed E-state index contributed by atoms with van der Waals surface area (Å²) in [7, 11) is 0. The summed E-state index contributed by atoms with van der Waals surface area (Å²) in [6, 6.07) is 10.7. The minimum absolute atomic E-state index is 0.0234. The fourth-order valence-electron chi connectivity index (χ4n) is 3.42. The molecule has 3 aromatic rings. The second-order valence-corrected chi connectivity index (χ2v) is 7.54. The maximum atomic E-state index is 12.3. The largest absolute Gasteiger partial charge is 0.478 e. The van der Waals surface area contributed by atoms with E-state index >= 15 is 0 Å². The van der Waals surface area contributed by atoms with Gasteiger partial charge in [-0.3, -0.25) is 9.78 Å². The molecule has 162 valence electrons. The van der Waals surface area contributed by atoms with Crippen molar-refractivity contribution >= 4 is 11.8 Å². The number of Topliss-reactive ketones (excluding diaryl/α,β-unsaturated/α-hetero) is 1. The highest BCUT2D eigenvalue weighted by Crippen LogP contribution is 2.22. The molecule has 3 rings (SSSR count). The number of aryl methyl sites for hydroxylation is 1. The summed E-state index contributed by atoms with van der Waals surface area (Å²) in [5.41, 5.74) is 2.34. The maximum Gasteiger partial charge on any atom is 0.337 e. The molecule has 7 nitrogen and oxygen atoms in total. The number of unbranched alkanes of at least 4 members (excludes halogenated alkanes) is 2. The van der Waals surface area contributed by atoms with Gasteiger partial charge in [-0.2, -0.15) is 0 Å². The molecule has 0 aliphatic rings. The third-order valence-corrected chi connectivity index (χ3v) is 5.08. The van der Waals surface area contributed by atoms with E-state index < -0.39 is 5.97 Å². The number of carboxylic acids is 1. The lowest BCUT2D eigenvalue weighted by Gasteiger charge is -2.08. The molecule has 0 amide bonds. The fraction of sp³-hybridized carbons (Fsp3) is 0.375. The Morgan fingerprint density at radius 1 is 1.03 bits per heavy atom. The summed E-state index contributed by atoms with van der Waals surface area (Å²) in [6.07, 6.45) is 6.82. The highest BCUT2D eigenvalue weighted by atomic mass is 16.4. The van der Waals surface area contributed by atoms with E-state index in [2.05, 4.69) is 22.0 Å². The van der Waals surface area contributed by atoms with Crippen LogP contribution in [0.4, 0.5) is 0 Å². The van der Waals surface area contributed by atoms with Crippen molar-refractivity contribution in [1.29, 1.82) is 0 Å². The van der Waals surface area contributed by atoms with E-state index in [0.29, 0.717) is 24.5 Å². The zero-order valence-electron chi connectivity index (χ0n) is 18.0. The van der Waals surface area contributed by atoms with Crippen molar-refractivity contribution in [3.05, 3.63) is 65.4 Å². The number of hydrogen-bond donors (Lipinski definition) is 1. The molecule has 1 N–H and O–H groups in total. The van der Waals surface area contributed by atoms with E-state index in [4.69, 9.17) is 0 Å². The van der Waals surface area contributed by atoms with Crippen LogP contribution >= 0.6 is 0 Å². The van der Waals surface area contributed by atoms with Crippen molar-refractivity contribution in [2.45, 2.75) is 58.9 Å². The highest BCUT2D eigenvalue weighted by molar-refractivity contribution is 5.94. The van der Waals surface area contributed by atoms with Gasteiger partial charge in [0.15, 0.2) is 0 Å². The van der Waals surface area contributed by atoms with E-state index in [0.717, 1.165) is 49.1 Å². The standard InChI is InChI=1S/C24H28N4O3/c1-3-5-6-10-21-26-23(20(29)8-4-2)27-28(21)16-17-11-13-18(14-12-17)22-19(24(30)31)9-7-15-25-22/h7,9,11-15H,3-6,8,10,16H2,1-2H3,(H,30,31). The van der Waals surface area contributed by atoms with Crippen LogP contribution in [-0.4, -0.2) is 36.6 Å².